The van der Waals surface area contributed by atoms with Crippen molar-refractivity contribution in [1.29, 1.82) is 0 Å². The van der Waals surface area contributed by atoms with Crippen molar-refractivity contribution in [1.82, 2.24) is 15.1 Å². The van der Waals surface area contributed by atoms with Crippen molar-refractivity contribution in [3.8, 4) is 5.75 Å². The summed E-state index contributed by atoms with van der Waals surface area (Å²) >= 11 is 0. The van der Waals surface area contributed by atoms with Crippen LogP contribution < -0.4 is 4.74 Å². The number of aromatic amines is 1. The lowest BCUT2D eigenvalue weighted by molar-refractivity contribution is -0.139. The molecule has 2 aliphatic rings. The fourth-order valence-electron chi connectivity index (χ4n) is 3.64. The van der Waals surface area contributed by atoms with Crippen molar-refractivity contribution in [2.24, 2.45) is 0 Å². The fourth-order valence-corrected chi connectivity index (χ4v) is 3.64. The van der Waals surface area contributed by atoms with Crippen molar-refractivity contribution in [3.05, 3.63) is 47.0 Å². The Bertz CT molecular complexity index is 773. The number of carbonyl (C=O) groups excluding carboxylic acids is 1. The van der Waals surface area contributed by atoms with E-state index in [0.717, 1.165) is 36.3 Å². The van der Waals surface area contributed by atoms with Crippen LogP contribution in [0.15, 0.2) is 24.3 Å². The molecule has 6 heteroatoms. The van der Waals surface area contributed by atoms with E-state index < -0.39 is 11.9 Å². The minimum Gasteiger partial charge on any atom is -0.477 e. The molecule has 5 nitrogen and oxygen atoms in total. The number of nitrogens with zero attached hydrogens (tertiary/aromatic N) is 2. The third-order valence-electron chi connectivity index (χ3n) is 4.87. The van der Waals surface area contributed by atoms with Gasteiger partial charge in [-0.3, -0.25) is 9.89 Å². The second-order valence-corrected chi connectivity index (χ2v) is 6.64. The molecule has 0 spiro atoms. The Hall–Kier alpha value is -2.37. The quantitative estimate of drug-likeness (QED) is 0.921. The van der Waals surface area contributed by atoms with E-state index in [-0.39, 0.29) is 17.6 Å². The van der Waals surface area contributed by atoms with Crippen LogP contribution in [0, 0.1) is 12.7 Å². The highest BCUT2D eigenvalue weighted by Gasteiger charge is 2.36. The minimum atomic E-state index is -0.614. The highest BCUT2D eigenvalue weighted by Crippen LogP contribution is 2.33. The van der Waals surface area contributed by atoms with E-state index in [1.54, 1.807) is 6.07 Å². The van der Waals surface area contributed by atoms with Gasteiger partial charge in [-0.25, -0.2) is 4.39 Å². The molecule has 2 atom stereocenters. The zero-order valence-electron chi connectivity index (χ0n) is 13.6. The standard InChI is InChI=1S/C18H20FN3O2/c1-11-8-15(21-20-11)13-5-3-7-22(10-13)18(23)16-9-12-4-2-6-14(19)17(12)24-16/h2,4,6,8,13,16H,3,5,7,9-10H2,1H3,(H,20,21)/t13-,16-/m1/s1. The number of aromatic nitrogens is 2. The smallest absolute Gasteiger partial charge is 0.264 e. The number of ether oxygens (including phenoxy) is 1. The number of rotatable bonds is 2. The highest BCUT2D eigenvalue weighted by atomic mass is 19.1. The van der Waals surface area contributed by atoms with E-state index in [1.165, 1.54) is 6.07 Å². The van der Waals surface area contributed by atoms with Gasteiger partial charge in [0.2, 0.25) is 0 Å². The Balaban J connectivity index is 1.46. The minimum absolute atomic E-state index is 0.0532. The molecule has 126 valence electrons. The van der Waals surface area contributed by atoms with E-state index in [9.17, 15) is 9.18 Å². The van der Waals surface area contributed by atoms with Crippen LogP contribution in [0.3, 0.4) is 0 Å². The molecule has 3 heterocycles. The van der Waals surface area contributed by atoms with E-state index in [2.05, 4.69) is 10.2 Å². The summed E-state index contributed by atoms with van der Waals surface area (Å²) in [4.78, 5) is 14.7. The lowest BCUT2D eigenvalue weighted by Crippen LogP contribution is -2.46. The topological polar surface area (TPSA) is 58.2 Å². The molecule has 0 bridgehead atoms. The number of nitrogens with one attached hydrogen (secondary N) is 1. The normalized spacial score (nSPS) is 23.0. The van der Waals surface area contributed by atoms with Crippen LogP contribution >= 0.6 is 0 Å². The molecule has 0 unspecified atom stereocenters. The number of likely N-dealkylation sites (tertiary alicyclic amines) is 1. The van der Waals surface area contributed by atoms with Gasteiger partial charge in [0.25, 0.3) is 5.91 Å². The van der Waals surface area contributed by atoms with Gasteiger partial charge >= 0.3 is 0 Å². The molecule has 1 saturated heterocycles. The number of carbonyl (C=O) groups is 1. The second-order valence-electron chi connectivity index (χ2n) is 6.64. The molecule has 1 amide bonds. The maximum Gasteiger partial charge on any atom is 0.264 e. The Morgan fingerprint density at radius 1 is 1.46 bits per heavy atom. The van der Waals surface area contributed by atoms with E-state index in [4.69, 9.17) is 4.74 Å². The van der Waals surface area contributed by atoms with Crippen LogP contribution in [0.1, 0.15) is 35.7 Å². The predicted molar refractivity (Wildman–Crippen MR) is 86.4 cm³/mol. The number of piperidine rings is 1. The van der Waals surface area contributed by atoms with Crippen LogP contribution in [0.4, 0.5) is 4.39 Å². The lowest BCUT2D eigenvalue weighted by atomic mass is 9.94. The first-order chi connectivity index (χ1) is 11.6. The first-order valence-corrected chi connectivity index (χ1v) is 8.36. The molecule has 2 aliphatic heterocycles. The Morgan fingerprint density at radius 2 is 2.33 bits per heavy atom. The molecule has 1 aromatic heterocycles. The molecular weight excluding hydrogens is 309 g/mol. The summed E-state index contributed by atoms with van der Waals surface area (Å²) in [7, 11) is 0. The van der Waals surface area contributed by atoms with E-state index in [0.29, 0.717) is 13.0 Å². The number of benzene rings is 1. The average Bonchev–Trinajstić information content (AvgIpc) is 3.21. The molecule has 0 saturated carbocycles. The van der Waals surface area contributed by atoms with Crippen LogP contribution in [0.2, 0.25) is 0 Å². The number of fused-ring (bicyclic) bond motifs is 1. The number of hydrogen-bond donors (Lipinski definition) is 1. The summed E-state index contributed by atoms with van der Waals surface area (Å²) in [6, 6.07) is 6.87. The van der Waals surface area contributed by atoms with Crippen LogP contribution in [-0.2, 0) is 11.2 Å². The van der Waals surface area contributed by atoms with Crippen molar-refractivity contribution in [3.63, 3.8) is 0 Å². The van der Waals surface area contributed by atoms with Crippen LogP contribution in [0.5, 0.6) is 5.75 Å². The van der Waals surface area contributed by atoms with Crippen LogP contribution in [-0.4, -0.2) is 40.2 Å². The molecule has 1 fully saturated rings. The molecular formula is C18H20FN3O2. The monoisotopic (exact) mass is 329 g/mol. The van der Waals surface area contributed by atoms with Gasteiger partial charge < -0.3 is 9.64 Å². The van der Waals surface area contributed by atoms with Gasteiger partial charge in [0.15, 0.2) is 17.7 Å². The van der Waals surface area contributed by atoms with Gasteiger partial charge in [-0.05, 0) is 31.9 Å². The summed E-state index contributed by atoms with van der Waals surface area (Å²) in [6.45, 7) is 3.33. The average molecular weight is 329 g/mol. The number of amides is 1. The predicted octanol–water partition coefficient (Wildman–Crippen LogP) is 2.57. The van der Waals surface area contributed by atoms with Gasteiger partial charge in [-0.2, -0.15) is 5.10 Å². The first kappa shape index (κ1) is 15.2. The zero-order chi connectivity index (χ0) is 16.7. The fraction of sp³-hybridized carbons (Fsp3) is 0.444. The maximum atomic E-state index is 13.8. The molecule has 1 aromatic carbocycles. The van der Waals surface area contributed by atoms with E-state index in [1.807, 2.05) is 24.0 Å². The van der Waals surface area contributed by atoms with Gasteiger partial charge in [-0.1, -0.05) is 12.1 Å². The van der Waals surface area contributed by atoms with Crippen LogP contribution in [0.25, 0.3) is 0 Å². The summed E-state index contributed by atoms with van der Waals surface area (Å²) in [5, 5.41) is 7.29. The van der Waals surface area contributed by atoms with Gasteiger partial charge in [0.05, 0.1) is 5.69 Å². The Morgan fingerprint density at radius 3 is 3.08 bits per heavy atom. The van der Waals surface area contributed by atoms with Crippen molar-refractivity contribution < 1.29 is 13.9 Å². The van der Waals surface area contributed by atoms with Gasteiger partial charge in [0, 0.05) is 36.7 Å². The highest BCUT2D eigenvalue weighted by molar-refractivity contribution is 5.82. The van der Waals surface area contributed by atoms with Crippen molar-refractivity contribution >= 4 is 5.91 Å². The number of halogens is 1. The van der Waals surface area contributed by atoms with Crippen molar-refractivity contribution in [2.75, 3.05) is 13.1 Å². The summed E-state index contributed by atoms with van der Waals surface area (Å²) < 4.78 is 19.4. The van der Waals surface area contributed by atoms with Crippen molar-refractivity contribution in [2.45, 2.75) is 38.2 Å². The molecule has 0 radical (unpaired) electrons. The molecule has 2 aromatic rings. The van der Waals surface area contributed by atoms with E-state index >= 15 is 0 Å². The Labute approximate surface area is 139 Å². The molecule has 24 heavy (non-hydrogen) atoms. The summed E-state index contributed by atoms with van der Waals surface area (Å²) in [6.07, 6.45) is 1.79. The first-order valence-electron chi connectivity index (χ1n) is 8.36. The Kier molecular flexibility index (Phi) is 3.75. The molecule has 0 aliphatic carbocycles. The number of hydrogen-bond acceptors (Lipinski definition) is 3. The zero-order valence-corrected chi connectivity index (χ0v) is 13.6. The molecule has 1 N–H and O–H groups in total. The summed E-state index contributed by atoms with van der Waals surface area (Å²) in [5.41, 5.74) is 2.80. The lowest BCUT2D eigenvalue weighted by Gasteiger charge is -2.33. The molecule has 4 rings (SSSR count). The number of aryl methyl sites for hydroxylation is 1. The number of H-pyrrole nitrogens is 1. The maximum absolute atomic E-state index is 13.8. The SMILES string of the molecule is Cc1cc([C@@H]2CCCN(C(=O)[C@H]3Cc4cccc(F)c4O3)C2)n[nH]1. The third-order valence-corrected chi connectivity index (χ3v) is 4.87. The third kappa shape index (κ3) is 2.66. The number of para-hydroxylation sites is 1. The van der Waals surface area contributed by atoms with Gasteiger partial charge in [0.1, 0.15) is 0 Å². The summed E-state index contributed by atoms with van der Waals surface area (Å²) in [5.74, 6) is 0.0226. The second kappa shape index (κ2) is 5.92. The largest absolute Gasteiger partial charge is 0.477 e. The van der Waals surface area contributed by atoms with Gasteiger partial charge in [-0.15, -0.1) is 0 Å².